The van der Waals surface area contributed by atoms with Gasteiger partial charge in [-0.15, -0.1) is 0 Å². The summed E-state index contributed by atoms with van der Waals surface area (Å²) in [4.78, 5) is 24.7. The van der Waals surface area contributed by atoms with Crippen molar-refractivity contribution in [3.63, 3.8) is 0 Å². The van der Waals surface area contributed by atoms with E-state index < -0.39 is 6.04 Å². The van der Waals surface area contributed by atoms with Gasteiger partial charge < -0.3 is 21.1 Å². The Bertz CT molecular complexity index is 459. The molecular formula is C14H21N3O3. The second-order valence-corrected chi connectivity index (χ2v) is 4.62. The lowest BCUT2D eigenvalue weighted by Crippen LogP contribution is -2.46. The van der Waals surface area contributed by atoms with E-state index in [0.717, 1.165) is 5.56 Å². The molecule has 0 aliphatic heterocycles. The Morgan fingerprint density at radius 3 is 2.50 bits per heavy atom. The molecule has 0 saturated heterocycles. The van der Waals surface area contributed by atoms with E-state index in [4.69, 9.17) is 5.73 Å². The number of phenols is 1. The van der Waals surface area contributed by atoms with Crippen LogP contribution in [-0.2, 0) is 16.0 Å². The highest BCUT2D eigenvalue weighted by Gasteiger charge is 2.20. The fraction of sp³-hybridized carbons (Fsp3) is 0.429. The van der Waals surface area contributed by atoms with Crippen molar-refractivity contribution in [2.45, 2.75) is 19.4 Å². The predicted octanol–water partition coefficient (Wildman–Crippen LogP) is -0.143. The predicted molar refractivity (Wildman–Crippen MR) is 76.1 cm³/mol. The van der Waals surface area contributed by atoms with Crippen molar-refractivity contribution in [2.75, 3.05) is 20.1 Å². The molecule has 1 aromatic carbocycles. The first-order valence-electron chi connectivity index (χ1n) is 6.49. The van der Waals surface area contributed by atoms with Crippen LogP contribution in [0.15, 0.2) is 24.3 Å². The number of nitrogens with two attached hydrogens (primary N) is 1. The second-order valence-electron chi connectivity index (χ2n) is 4.62. The molecule has 0 saturated carbocycles. The molecular weight excluding hydrogens is 258 g/mol. The number of hydrogen-bond donors (Lipinski definition) is 3. The summed E-state index contributed by atoms with van der Waals surface area (Å²) in [6.07, 6.45) is 0.360. The van der Waals surface area contributed by atoms with E-state index in [-0.39, 0.29) is 24.1 Å². The number of nitrogens with zero attached hydrogens (tertiary/aromatic N) is 1. The van der Waals surface area contributed by atoms with E-state index in [1.165, 1.54) is 4.90 Å². The number of carbonyl (C=O) groups excluding carboxylic acids is 2. The van der Waals surface area contributed by atoms with Crippen LogP contribution in [0.4, 0.5) is 0 Å². The van der Waals surface area contributed by atoms with E-state index in [2.05, 4.69) is 5.32 Å². The molecule has 4 N–H and O–H groups in total. The third kappa shape index (κ3) is 4.89. The van der Waals surface area contributed by atoms with Crippen molar-refractivity contribution in [3.8, 4) is 5.75 Å². The van der Waals surface area contributed by atoms with Crippen LogP contribution in [0.5, 0.6) is 5.75 Å². The zero-order chi connectivity index (χ0) is 15.1. The molecule has 0 radical (unpaired) electrons. The van der Waals surface area contributed by atoms with Crippen LogP contribution in [0, 0.1) is 0 Å². The topological polar surface area (TPSA) is 95.7 Å². The van der Waals surface area contributed by atoms with Gasteiger partial charge in [-0.2, -0.15) is 0 Å². The van der Waals surface area contributed by atoms with Crippen LogP contribution < -0.4 is 11.1 Å². The minimum atomic E-state index is -0.709. The van der Waals surface area contributed by atoms with Gasteiger partial charge in [-0.3, -0.25) is 9.59 Å². The highest BCUT2D eigenvalue weighted by atomic mass is 16.3. The fourth-order valence-electron chi connectivity index (χ4n) is 1.80. The molecule has 0 bridgehead atoms. The molecule has 2 amide bonds. The van der Waals surface area contributed by atoms with Crippen molar-refractivity contribution in [1.82, 2.24) is 10.2 Å². The monoisotopic (exact) mass is 279 g/mol. The quantitative estimate of drug-likeness (QED) is 0.675. The fourth-order valence-corrected chi connectivity index (χ4v) is 1.80. The standard InChI is InChI=1S/C14H21N3O3/c1-3-16-13(19)9-17(2)14(20)12(15)8-10-4-6-11(18)7-5-10/h4-7,12,18H,3,8-9,15H2,1-2H3,(H,16,19)/t12-/m0/s1. The average Bonchev–Trinajstić information content (AvgIpc) is 2.40. The minimum absolute atomic E-state index is 0.00402. The van der Waals surface area contributed by atoms with Crippen LogP contribution in [0.3, 0.4) is 0 Å². The Hall–Kier alpha value is -2.08. The molecule has 1 rings (SSSR count). The lowest BCUT2D eigenvalue weighted by Gasteiger charge is -2.20. The number of aromatic hydroxyl groups is 1. The van der Waals surface area contributed by atoms with Gasteiger partial charge in [0.1, 0.15) is 5.75 Å². The van der Waals surface area contributed by atoms with Gasteiger partial charge >= 0.3 is 0 Å². The zero-order valence-corrected chi connectivity index (χ0v) is 11.8. The van der Waals surface area contributed by atoms with E-state index >= 15 is 0 Å². The van der Waals surface area contributed by atoms with Gasteiger partial charge in [0.25, 0.3) is 0 Å². The lowest BCUT2D eigenvalue weighted by atomic mass is 10.1. The number of hydrogen-bond acceptors (Lipinski definition) is 4. The Morgan fingerprint density at radius 1 is 1.35 bits per heavy atom. The third-order valence-corrected chi connectivity index (χ3v) is 2.84. The van der Waals surface area contributed by atoms with Crippen molar-refractivity contribution in [2.24, 2.45) is 5.73 Å². The molecule has 1 atom stereocenters. The summed E-state index contributed by atoms with van der Waals surface area (Å²) in [5.74, 6) is -0.327. The Labute approximate surface area is 118 Å². The first-order chi connectivity index (χ1) is 9.43. The number of amides is 2. The van der Waals surface area contributed by atoms with Crippen LogP contribution in [0.1, 0.15) is 12.5 Å². The molecule has 0 spiro atoms. The summed E-state index contributed by atoms with van der Waals surface area (Å²) in [6, 6.07) is 5.81. The second kappa shape index (κ2) is 7.49. The molecule has 0 aromatic heterocycles. The van der Waals surface area contributed by atoms with Gasteiger partial charge in [0.05, 0.1) is 12.6 Å². The number of carbonyl (C=O) groups is 2. The smallest absolute Gasteiger partial charge is 0.240 e. The van der Waals surface area contributed by atoms with Crippen molar-refractivity contribution in [1.29, 1.82) is 0 Å². The molecule has 20 heavy (non-hydrogen) atoms. The minimum Gasteiger partial charge on any atom is -0.508 e. The van der Waals surface area contributed by atoms with Crippen LogP contribution in [0.2, 0.25) is 0 Å². The van der Waals surface area contributed by atoms with Gasteiger partial charge in [0, 0.05) is 13.6 Å². The zero-order valence-electron chi connectivity index (χ0n) is 11.8. The summed E-state index contributed by atoms with van der Waals surface area (Å²) in [5, 5.41) is 11.8. The molecule has 0 aliphatic rings. The molecule has 0 fully saturated rings. The summed E-state index contributed by atoms with van der Waals surface area (Å²) >= 11 is 0. The maximum atomic E-state index is 12.0. The number of nitrogens with one attached hydrogen (secondary N) is 1. The summed E-state index contributed by atoms with van der Waals surface area (Å²) in [7, 11) is 1.55. The van der Waals surface area contributed by atoms with Gasteiger partial charge in [0.2, 0.25) is 11.8 Å². The van der Waals surface area contributed by atoms with E-state index in [0.29, 0.717) is 13.0 Å². The maximum Gasteiger partial charge on any atom is 0.240 e. The lowest BCUT2D eigenvalue weighted by molar-refractivity contribution is -0.135. The van der Waals surface area contributed by atoms with Crippen molar-refractivity contribution < 1.29 is 14.7 Å². The normalized spacial score (nSPS) is 11.8. The maximum absolute atomic E-state index is 12.0. The Balaban J connectivity index is 2.53. The summed E-state index contributed by atoms with van der Waals surface area (Å²) < 4.78 is 0. The van der Waals surface area contributed by atoms with Gasteiger partial charge in [-0.25, -0.2) is 0 Å². The summed E-state index contributed by atoms with van der Waals surface area (Å²) in [6.45, 7) is 2.34. The number of benzene rings is 1. The highest BCUT2D eigenvalue weighted by molar-refractivity contribution is 5.87. The van der Waals surface area contributed by atoms with Crippen LogP contribution in [-0.4, -0.2) is 48.0 Å². The van der Waals surface area contributed by atoms with Gasteiger partial charge in [-0.05, 0) is 31.0 Å². The van der Waals surface area contributed by atoms with Crippen molar-refractivity contribution >= 4 is 11.8 Å². The number of likely N-dealkylation sites (N-methyl/N-ethyl adjacent to an activating group) is 2. The van der Waals surface area contributed by atoms with E-state index in [1.54, 1.807) is 31.3 Å². The first-order valence-corrected chi connectivity index (χ1v) is 6.49. The first kappa shape index (κ1) is 16.0. The van der Waals surface area contributed by atoms with Crippen molar-refractivity contribution in [3.05, 3.63) is 29.8 Å². The van der Waals surface area contributed by atoms with E-state index in [1.807, 2.05) is 6.92 Å². The largest absolute Gasteiger partial charge is 0.508 e. The molecule has 0 aliphatic carbocycles. The third-order valence-electron chi connectivity index (χ3n) is 2.84. The highest BCUT2D eigenvalue weighted by Crippen LogP contribution is 2.11. The number of rotatable bonds is 6. The average molecular weight is 279 g/mol. The Kier molecular flexibility index (Phi) is 5.99. The van der Waals surface area contributed by atoms with Gasteiger partial charge in [-0.1, -0.05) is 12.1 Å². The van der Waals surface area contributed by atoms with E-state index in [9.17, 15) is 14.7 Å². The Morgan fingerprint density at radius 2 is 1.95 bits per heavy atom. The molecule has 6 heteroatoms. The van der Waals surface area contributed by atoms with Gasteiger partial charge in [0.15, 0.2) is 0 Å². The van der Waals surface area contributed by atoms with Crippen LogP contribution >= 0.6 is 0 Å². The summed E-state index contributed by atoms with van der Waals surface area (Å²) in [5.41, 5.74) is 6.71. The molecule has 6 nitrogen and oxygen atoms in total. The molecule has 110 valence electrons. The number of phenolic OH excluding ortho intramolecular Hbond substituents is 1. The SMILES string of the molecule is CCNC(=O)CN(C)C(=O)[C@@H](N)Cc1ccc(O)cc1. The molecule has 0 heterocycles. The molecule has 0 unspecified atom stereocenters. The van der Waals surface area contributed by atoms with Crippen LogP contribution in [0.25, 0.3) is 0 Å². The molecule has 1 aromatic rings.